The SMILES string of the molecule is CCN1C(=O)/C(=C/c2cccn2-c2ccc(C)c(Cl)c2)SC1=Nc1ccccc1. The molecule has 1 amide bonds. The van der Waals surface area contributed by atoms with Crippen LogP contribution in [0.2, 0.25) is 5.02 Å². The lowest BCUT2D eigenvalue weighted by atomic mass is 10.2. The van der Waals surface area contributed by atoms with E-state index in [2.05, 4.69) is 4.99 Å². The van der Waals surface area contributed by atoms with Gasteiger partial charge in [0.05, 0.1) is 10.6 Å². The van der Waals surface area contributed by atoms with Gasteiger partial charge in [0.15, 0.2) is 5.17 Å². The summed E-state index contributed by atoms with van der Waals surface area (Å²) in [6.45, 7) is 4.51. The molecule has 4 rings (SSSR count). The minimum absolute atomic E-state index is 0.0260. The summed E-state index contributed by atoms with van der Waals surface area (Å²) in [7, 11) is 0. The van der Waals surface area contributed by atoms with Gasteiger partial charge in [0.2, 0.25) is 0 Å². The Kier molecular flexibility index (Phi) is 5.60. The first-order valence-corrected chi connectivity index (χ1v) is 10.6. The van der Waals surface area contributed by atoms with Gasteiger partial charge >= 0.3 is 0 Å². The standard InChI is InChI=1S/C23H20ClN3OS/c1-3-26-22(28)21(29-23(26)25-17-8-5-4-6-9-17)15-18-10-7-13-27(18)19-12-11-16(2)20(24)14-19/h4-15H,3H2,1-2H3/b21-15-,25-23?. The number of aliphatic imine (C=N–C) groups is 1. The molecule has 29 heavy (non-hydrogen) atoms. The fourth-order valence-corrected chi connectivity index (χ4v) is 4.32. The molecular weight excluding hydrogens is 402 g/mol. The number of halogens is 1. The largest absolute Gasteiger partial charge is 0.317 e. The lowest BCUT2D eigenvalue weighted by Crippen LogP contribution is -2.28. The quantitative estimate of drug-likeness (QED) is 0.480. The summed E-state index contributed by atoms with van der Waals surface area (Å²) in [6.07, 6.45) is 3.88. The van der Waals surface area contributed by atoms with Crippen LogP contribution in [0.4, 0.5) is 5.69 Å². The molecule has 146 valence electrons. The van der Waals surface area contributed by atoms with Crippen LogP contribution in [0.15, 0.2) is 76.8 Å². The first kappa shape index (κ1) is 19.6. The molecule has 0 aliphatic carbocycles. The van der Waals surface area contributed by atoms with E-state index in [0.29, 0.717) is 16.6 Å². The van der Waals surface area contributed by atoms with Crippen LogP contribution in [-0.4, -0.2) is 27.1 Å². The number of nitrogens with zero attached hydrogens (tertiary/aromatic N) is 3. The minimum Gasteiger partial charge on any atom is -0.317 e. The summed E-state index contributed by atoms with van der Waals surface area (Å²) in [5.74, 6) is -0.0260. The molecule has 0 atom stereocenters. The number of amides is 1. The smallest absolute Gasteiger partial charge is 0.266 e. The Morgan fingerprint density at radius 3 is 2.62 bits per heavy atom. The number of hydrogen-bond acceptors (Lipinski definition) is 3. The zero-order valence-electron chi connectivity index (χ0n) is 16.2. The van der Waals surface area contributed by atoms with Crippen LogP contribution < -0.4 is 0 Å². The molecule has 1 aliphatic rings. The Morgan fingerprint density at radius 1 is 1.10 bits per heavy atom. The fraction of sp³-hybridized carbons (Fsp3) is 0.130. The number of carbonyl (C=O) groups excluding carboxylic acids is 1. The van der Waals surface area contributed by atoms with Crippen molar-refractivity contribution < 1.29 is 4.79 Å². The van der Waals surface area contributed by atoms with Gasteiger partial charge in [-0.1, -0.05) is 35.9 Å². The summed E-state index contributed by atoms with van der Waals surface area (Å²) in [6, 6.07) is 19.6. The van der Waals surface area contributed by atoms with Crippen molar-refractivity contribution >= 4 is 46.2 Å². The summed E-state index contributed by atoms with van der Waals surface area (Å²) < 4.78 is 2.02. The summed E-state index contributed by atoms with van der Waals surface area (Å²) in [5.41, 5.74) is 3.74. The first-order chi connectivity index (χ1) is 14.1. The number of hydrogen-bond donors (Lipinski definition) is 0. The summed E-state index contributed by atoms with van der Waals surface area (Å²) in [5, 5.41) is 1.42. The second kappa shape index (κ2) is 8.31. The molecule has 0 bridgehead atoms. The molecule has 0 radical (unpaired) electrons. The highest BCUT2D eigenvalue weighted by molar-refractivity contribution is 8.18. The van der Waals surface area contributed by atoms with Crippen molar-refractivity contribution in [2.24, 2.45) is 4.99 Å². The van der Waals surface area contributed by atoms with E-state index in [1.54, 1.807) is 4.90 Å². The predicted octanol–water partition coefficient (Wildman–Crippen LogP) is 6.06. The molecule has 0 N–H and O–H groups in total. The number of para-hydroxylation sites is 1. The van der Waals surface area contributed by atoms with Crippen molar-refractivity contribution in [3.05, 3.63) is 88.0 Å². The highest BCUT2D eigenvalue weighted by Crippen LogP contribution is 2.34. The van der Waals surface area contributed by atoms with Crippen LogP contribution in [0.25, 0.3) is 11.8 Å². The Balaban J connectivity index is 1.69. The molecule has 3 aromatic rings. The molecule has 6 heteroatoms. The Morgan fingerprint density at radius 2 is 1.90 bits per heavy atom. The second-order valence-corrected chi connectivity index (χ2v) is 8.04. The van der Waals surface area contributed by atoms with E-state index >= 15 is 0 Å². The number of likely N-dealkylation sites (N-methyl/N-ethyl adjacent to an activating group) is 1. The monoisotopic (exact) mass is 421 g/mol. The van der Waals surface area contributed by atoms with Crippen molar-refractivity contribution in [1.82, 2.24) is 9.47 Å². The summed E-state index contributed by atoms with van der Waals surface area (Å²) >= 11 is 7.70. The lowest BCUT2D eigenvalue weighted by molar-refractivity contribution is -0.122. The van der Waals surface area contributed by atoms with Gasteiger partial charge in [0.25, 0.3) is 5.91 Å². The molecule has 2 aromatic carbocycles. The second-order valence-electron chi connectivity index (χ2n) is 6.63. The molecule has 1 aliphatic heterocycles. The highest BCUT2D eigenvalue weighted by atomic mass is 35.5. The van der Waals surface area contributed by atoms with Crippen LogP contribution >= 0.6 is 23.4 Å². The van der Waals surface area contributed by atoms with E-state index < -0.39 is 0 Å². The predicted molar refractivity (Wildman–Crippen MR) is 122 cm³/mol. The Hall–Kier alpha value is -2.76. The molecule has 1 aromatic heterocycles. The normalized spacial score (nSPS) is 16.9. The van der Waals surface area contributed by atoms with Crippen molar-refractivity contribution in [2.75, 3.05) is 6.54 Å². The number of benzene rings is 2. The first-order valence-electron chi connectivity index (χ1n) is 9.36. The van der Waals surface area contributed by atoms with Crippen molar-refractivity contribution in [3.63, 3.8) is 0 Å². The zero-order chi connectivity index (χ0) is 20.4. The average molecular weight is 422 g/mol. The number of amidine groups is 1. The van der Waals surface area contributed by atoms with Crippen LogP contribution in [0, 0.1) is 6.92 Å². The third-order valence-electron chi connectivity index (χ3n) is 4.68. The van der Waals surface area contributed by atoms with Gasteiger partial charge in [-0.3, -0.25) is 9.69 Å². The third-order valence-corrected chi connectivity index (χ3v) is 6.09. The molecule has 1 saturated heterocycles. The van der Waals surface area contributed by atoms with E-state index in [0.717, 1.165) is 27.7 Å². The molecule has 0 unspecified atom stereocenters. The van der Waals surface area contributed by atoms with Gasteiger partial charge in [-0.05, 0) is 73.6 Å². The van der Waals surface area contributed by atoms with Gasteiger partial charge in [-0.25, -0.2) is 4.99 Å². The molecule has 0 spiro atoms. The molecule has 1 fully saturated rings. The molecule has 0 saturated carbocycles. The van der Waals surface area contributed by atoms with E-state index in [1.807, 2.05) is 91.4 Å². The number of aromatic nitrogens is 1. The molecule has 4 nitrogen and oxygen atoms in total. The summed E-state index contributed by atoms with van der Waals surface area (Å²) in [4.78, 5) is 20.0. The van der Waals surface area contributed by atoms with Gasteiger partial charge in [0, 0.05) is 29.1 Å². The van der Waals surface area contributed by atoms with Crippen molar-refractivity contribution in [3.8, 4) is 5.69 Å². The van der Waals surface area contributed by atoms with E-state index in [-0.39, 0.29) is 5.91 Å². The number of carbonyl (C=O) groups is 1. The van der Waals surface area contributed by atoms with Crippen LogP contribution in [0.3, 0.4) is 0 Å². The lowest BCUT2D eigenvalue weighted by Gasteiger charge is -2.12. The van der Waals surface area contributed by atoms with Gasteiger partial charge < -0.3 is 4.57 Å². The topological polar surface area (TPSA) is 37.6 Å². The maximum absolute atomic E-state index is 12.9. The highest BCUT2D eigenvalue weighted by Gasteiger charge is 2.32. The number of thioether (sulfide) groups is 1. The average Bonchev–Trinajstić information content (AvgIpc) is 3.29. The van der Waals surface area contributed by atoms with Crippen LogP contribution in [-0.2, 0) is 4.79 Å². The van der Waals surface area contributed by atoms with E-state index in [1.165, 1.54) is 11.8 Å². The zero-order valence-corrected chi connectivity index (χ0v) is 17.7. The molecular formula is C23H20ClN3OS. The number of aryl methyl sites for hydroxylation is 1. The van der Waals surface area contributed by atoms with Crippen LogP contribution in [0.1, 0.15) is 18.2 Å². The van der Waals surface area contributed by atoms with Gasteiger partial charge in [0.1, 0.15) is 0 Å². The van der Waals surface area contributed by atoms with Crippen LogP contribution in [0.5, 0.6) is 0 Å². The van der Waals surface area contributed by atoms with Gasteiger partial charge in [-0.15, -0.1) is 0 Å². The minimum atomic E-state index is -0.0260. The van der Waals surface area contributed by atoms with E-state index in [9.17, 15) is 4.79 Å². The number of rotatable bonds is 4. The van der Waals surface area contributed by atoms with Crippen molar-refractivity contribution in [1.29, 1.82) is 0 Å². The fourth-order valence-electron chi connectivity index (χ4n) is 3.10. The Labute approximate surface area is 179 Å². The Bertz CT molecular complexity index is 1120. The van der Waals surface area contributed by atoms with Gasteiger partial charge in [-0.2, -0.15) is 0 Å². The maximum atomic E-state index is 12.9. The third kappa shape index (κ3) is 4.02. The maximum Gasteiger partial charge on any atom is 0.266 e. The van der Waals surface area contributed by atoms with Crippen molar-refractivity contribution in [2.45, 2.75) is 13.8 Å². The molecule has 2 heterocycles. The van der Waals surface area contributed by atoms with E-state index in [4.69, 9.17) is 11.6 Å².